The van der Waals surface area contributed by atoms with Crippen LogP contribution in [0.3, 0.4) is 0 Å². The molecule has 0 radical (unpaired) electrons. The molecule has 1 unspecified atom stereocenters. The van der Waals surface area contributed by atoms with E-state index in [1.807, 2.05) is 30.3 Å². The van der Waals surface area contributed by atoms with Crippen molar-refractivity contribution in [1.82, 2.24) is 0 Å². The van der Waals surface area contributed by atoms with Gasteiger partial charge in [-0.3, -0.25) is 4.79 Å². The summed E-state index contributed by atoms with van der Waals surface area (Å²) in [6.07, 6.45) is 2.28. The number of carbonyl (C=O) groups is 1. The summed E-state index contributed by atoms with van der Waals surface area (Å²) in [4.78, 5) is 12.6. The van der Waals surface area contributed by atoms with Crippen LogP contribution in [0.15, 0.2) is 42.5 Å². The molecule has 1 aliphatic carbocycles. The summed E-state index contributed by atoms with van der Waals surface area (Å²) in [6.45, 7) is 0. The van der Waals surface area contributed by atoms with Crippen LogP contribution in [0.4, 0.5) is 0 Å². The fourth-order valence-electron chi connectivity index (χ4n) is 2.97. The van der Waals surface area contributed by atoms with E-state index in [2.05, 4.69) is 0 Å². The molecule has 0 spiro atoms. The third-order valence-corrected chi connectivity index (χ3v) is 4.17. The zero-order valence-corrected chi connectivity index (χ0v) is 12.0. The van der Waals surface area contributed by atoms with Gasteiger partial charge in [0.1, 0.15) is 11.5 Å². The molecular weight excluding hydrogens is 264 g/mol. The number of Topliss-reactive ketones (excluding diaryl/α,β-unsaturated/α-hetero) is 1. The Hall–Kier alpha value is -2.29. The number of fused-ring (bicyclic) bond motifs is 1. The number of phenolic OH excluding ortho intramolecular Hbond substituents is 1. The lowest BCUT2D eigenvalue weighted by atomic mass is 9.79. The van der Waals surface area contributed by atoms with Crippen molar-refractivity contribution in [2.45, 2.75) is 19.3 Å². The molecule has 0 saturated carbocycles. The van der Waals surface area contributed by atoms with Crippen LogP contribution in [0, 0.1) is 5.92 Å². The Morgan fingerprint density at radius 1 is 1.24 bits per heavy atom. The van der Waals surface area contributed by atoms with Gasteiger partial charge >= 0.3 is 0 Å². The normalized spacial score (nSPS) is 17.4. The number of hydrogen-bond acceptors (Lipinski definition) is 3. The van der Waals surface area contributed by atoms with Gasteiger partial charge in [-0.05, 0) is 54.7 Å². The largest absolute Gasteiger partial charge is 0.508 e. The lowest BCUT2D eigenvalue weighted by Crippen LogP contribution is -2.24. The van der Waals surface area contributed by atoms with Gasteiger partial charge < -0.3 is 9.84 Å². The fourth-order valence-corrected chi connectivity index (χ4v) is 2.97. The first-order valence-electron chi connectivity index (χ1n) is 7.17. The van der Waals surface area contributed by atoms with Crippen LogP contribution in [-0.2, 0) is 12.8 Å². The highest BCUT2D eigenvalue weighted by Crippen LogP contribution is 2.31. The van der Waals surface area contributed by atoms with Crippen molar-refractivity contribution in [1.29, 1.82) is 0 Å². The van der Waals surface area contributed by atoms with Crippen LogP contribution < -0.4 is 4.74 Å². The number of hydrogen-bond donors (Lipinski definition) is 1. The maximum absolute atomic E-state index is 12.6. The first-order chi connectivity index (χ1) is 10.2. The summed E-state index contributed by atoms with van der Waals surface area (Å²) in [7, 11) is 1.63. The van der Waals surface area contributed by atoms with Gasteiger partial charge in [0, 0.05) is 11.5 Å². The lowest BCUT2D eigenvalue weighted by molar-refractivity contribution is 0.0901. The smallest absolute Gasteiger partial charge is 0.166 e. The summed E-state index contributed by atoms with van der Waals surface area (Å²) < 4.78 is 5.21. The van der Waals surface area contributed by atoms with Crippen molar-refractivity contribution in [2.75, 3.05) is 7.11 Å². The van der Waals surface area contributed by atoms with Gasteiger partial charge in [-0.15, -0.1) is 0 Å². The van der Waals surface area contributed by atoms with Crippen molar-refractivity contribution in [3.63, 3.8) is 0 Å². The molecule has 1 atom stereocenters. The Bertz CT molecular complexity index is 676. The van der Waals surface area contributed by atoms with Crippen molar-refractivity contribution < 1.29 is 14.6 Å². The minimum absolute atomic E-state index is 0.0563. The molecule has 21 heavy (non-hydrogen) atoms. The Balaban J connectivity index is 1.84. The van der Waals surface area contributed by atoms with E-state index in [4.69, 9.17) is 4.74 Å². The molecule has 0 heterocycles. The predicted octanol–water partition coefficient (Wildman–Crippen LogP) is 3.39. The molecule has 1 aliphatic rings. The number of rotatable bonds is 3. The second-order valence-electron chi connectivity index (χ2n) is 5.46. The van der Waals surface area contributed by atoms with Crippen molar-refractivity contribution >= 4 is 5.78 Å². The van der Waals surface area contributed by atoms with Gasteiger partial charge in [-0.2, -0.15) is 0 Å². The molecule has 0 amide bonds. The number of carbonyl (C=O) groups excluding carboxylic acids is 1. The standard InChI is InChI=1S/C18H18O3/c1-21-15-8-9-16-12(11-15)6-7-14(18(16)20)10-13-4-2-3-5-17(13)19/h2-5,8-9,11,14,19H,6-7,10H2,1H3. The number of ether oxygens (including phenoxy) is 1. The average molecular weight is 282 g/mol. The molecule has 2 aromatic rings. The fraction of sp³-hybridized carbons (Fsp3) is 0.278. The molecule has 108 valence electrons. The summed E-state index contributed by atoms with van der Waals surface area (Å²) in [5.74, 6) is 1.17. The Morgan fingerprint density at radius 3 is 2.81 bits per heavy atom. The van der Waals surface area contributed by atoms with Gasteiger partial charge in [0.15, 0.2) is 5.78 Å². The van der Waals surface area contributed by atoms with Gasteiger partial charge in [-0.25, -0.2) is 0 Å². The summed E-state index contributed by atoms with van der Waals surface area (Å²) >= 11 is 0. The molecule has 1 N–H and O–H groups in total. The SMILES string of the molecule is COc1ccc2c(c1)CCC(Cc1ccccc1O)C2=O. The molecule has 0 saturated heterocycles. The minimum atomic E-state index is -0.0563. The van der Waals surface area contributed by atoms with E-state index in [0.717, 1.165) is 35.3 Å². The Morgan fingerprint density at radius 2 is 2.05 bits per heavy atom. The third-order valence-electron chi connectivity index (χ3n) is 4.17. The predicted molar refractivity (Wildman–Crippen MR) is 80.9 cm³/mol. The minimum Gasteiger partial charge on any atom is -0.508 e. The van der Waals surface area contributed by atoms with Gasteiger partial charge in [0.05, 0.1) is 7.11 Å². The van der Waals surface area contributed by atoms with E-state index in [9.17, 15) is 9.90 Å². The second kappa shape index (κ2) is 5.60. The quantitative estimate of drug-likeness (QED) is 0.938. The molecule has 0 fully saturated rings. The maximum atomic E-state index is 12.6. The highest BCUT2D eigenvalue weighted by atomic mass is 16.5. The van der Waals surface area contributed by atoms with Gasteiger partial charge in [0.25, 0.3) is 0 Å². The summed E-state index contributed by atoms with van der Waals surface area (Å²) in [5.41, 5.74) is 2.70. The molecular formula is C18H18O3. The second-order valence-corrected chi connectivity index (χ2v) is 5.46. The highest BCUT2D eigenvalue weighted by molar-refractivity contribution is 6.00. The maximum Gasteiger partial charge on any atom is 0.166 e. The van der Waals surface area contributed by atoms with Gasteiger partial charge in [-0.1, -0.05) is 18.2 Å². The van der Waals surface area contributed by atoms with E-state index in [1.54, 1.807) is 19.2 Å². The third kappa shape index (κ3) is 2.64. The summed E-state index contributed by atoms with van der Waals surface area (Å²) in [6, 6.07) is 12.9. The number of benzene rings is 2. The molecule has 2 aromatic carbocycles. The van der Waals surface area contributed by atoms with Crippen molar-refractivity contribution in [2.24, 2.45) is 5.92 Å². The van der Waals surface area contributed by atoms with Crippen LogP contribution in [-0.4, -0.2) is 18.0 Å². The van der Waals surface area contributed by atoms with Crippen LogP contribution in [0.25, 0.3) is 0 Å². The first-order valence-corrected chi connectivity index (χ1v) is 7.17. The molecule has 0 bridgehead atoms. The zero-order chi connectivity index (χ0) is 14.8. The Labute approximate surface area is 124 Å². The number of methoxy groups -OCH3 is 1. The average Bonchev–Trinajstić information content (AvgIpc) is 2.51. The number of aryl methyl sites for hydroxylation is 1. The van der Waals surface area contributed by atoms with E-state index in [1.165, 1.54) is 0 Å². The zero-order valence-electron chi connectivity index (χ0n) is 12.0. The number of aromatic hydroxyl groups is 1. The molecule has 0 aromatic heterocycles. The van der Waals surface area contributed by atoms with Crippen molar-refractivity contribution in [3.05, 3.63) is 59.2 Å². The monoisotopic (exact) mass is 282 g/mol. The van der Waals surface area contributed by atoms with Crippen LogP contribution in [0.1, 0.15) is 27.9 Å². The first kappa shape index (κ1) is 13.7. The highest BCUT2D eigenvalue weighted by Gasteiger charge is 2.28. The van der Waals surface area contributed by atoms with Gasteiger partial charge in [0.2, 0.25) is 0 Å². The number of para-hydroxylation sites is 1. The summed E-state index contributed by atoms with van der Waals surface area (Å²) in [5, 5.41) is 9.86. The van der Waals surface area contributed by atoms with E-state index >= 15 is 0 Å². The van der Waals surface area contributed by atoms with Crippen LogP contribution in [0.2, 0.25) is 0 Å². The number of ketones is 1. The molecule has 3 nitrogen and oxygen atoms in total. The van der Waals surface area contributed by atoms with E-state index in [-0.39, 0.29) is 17.5 Å². The van der Waals surface area contributed by atoms with Crippen molar-refractivity contribution in [3.8, 4) is 11.5 Å². The van der Waals surface area contributed by atoms with E-state index < -0.39 is 0 Å². The molecule has 3 heteroatoms. The van der Waals surface area contributed by atoms with E-state index in [0.29, 0.717) is 6.42 Å². The van der Waals surface area contributed by atoms with Crippen LogP contribution in [0.5, 0.6) is 11.5 Å². The topological polar surface area (TPSA) is 46.5 Å². The lowest BCUT2D eigenvalue weighted by Gasteiger charge is -2.24. The number of phenols is 1. The van der Waals surface area contributed by atoms with Crippen LogP contribution >= 0.6 is 0 Å². The molecule has 3 rings (SSSR count). The molecule has 0 aliphatic heterocycles. The Kier molecular flexibility index (Phi) is 3.65.